The molecule has 0 saturated heterocycles. The predicted octanol–water partition coefficient (Wildman–Crippen LogP) is 3.65. The summed E-state index contributed by atoms with van der Waals surface area (Å²) in [6.45, 7) is 1.61. The summed E-state index contributed by atoms with van der Waals surface area (Å²) in [5.74, 6) is -1.19. The van der Waals surface area contributed by atoms with Gasteiger partial charge in [0.2, 0.25) is 0 Å². The number of carbonyl (C=O) groups is 1. The van der Waals surface area contributed by atoms with Gasteiger partial charge in [-0.05, 0) is 30.7 Å². The van der Waals surface area contributed by atoms with Gasteiger partial charge in [0.1, 0.15) is 17.5 Å². The van der Waals surface area contributed by atoms with Gasteiger partial charge in [0.15, 0.2) is 0 Å². The first-order valence-electron chi connectivity index (χ1n) is 6.19. The molecule has 0 radical (unpaired) electrons. The number of hydrogen-bond acceptors (Lipinski definition) is 4. The molecule has 2 rings (SSSR count). The van der Waals surface area contributed by atoms with Crippen molar-refractivity contribution in [2.24, 2.45) is 0 Å². The first-order chi connectivity index (χ1) is 9.99. The molecule has 0 fully saturated rings. The topological polar surface area (TPSA) is 69.4 Å². The van der Waals surface area contributed by atoms with Gasteiger partial charge in [-0.15, -0.1) is 0 Å². The van der Waals surface area contributed by atoms with E-state index >= 15 is 0 Å². The Labute approximate surface area is 120 Å². The minimum atomic E-state index is -0.792. The van der Waals surface area contributed by atoms with Crippen LogP contribution in [0.4, 0.5) is 10.1 Å². The summed E-state index contributed by atoms with van der Waals surface area (Å²) in [5.41, 5.74) is 0.175. The Balaban J connectivity index is 2.18. The molecule has 0 N–H and O–H groups in total. The van der Waals surface area contributed by atoms with Gasteiger partial charge in [0.25, 0.3) is 5.69 Å². The Hall–Kier alpha value is -2.76. The second kappa shape index (κ2) is 6.13. The second-order valence-corrected chi connectivity index (χ2v) is 4.37. The molecule has 108 valence electrons. The molecular weight excluding hydrogens is 277 g/mol. The van der Waals surface area contributed by atoms with Crippen LogP contribution < -0.4 is 0 Å². The molecule has 0 amide bonds. The highest BCUT2D eigenvalue weighted by molar-refractivity contribution is 5.93. The van der Waals surface area contributed by atoms with Crippen LogP contribution in [0.2, 0.25) is 0 Å². The number of rotatable bonds is 4. The van der Waals surface area contributed by atoms with E-state index in [1.807, 2.05) is 0 Å². The maximum atomic E-state index is 12.8. The lowest BCUT2D eigenvalue weighted by molar-refractivity contribution is -0.385. The monoisotopic (exact) mass is 289 g/mol. The molecular formula is C15H12FNO4. The number of benzene rings is 2. The van der Waals surface area contributed by atoms with Crippen molar-refractivity contribution in [3.63, 3.8) is 0 Å². The molecule has 0 aliphatic heterocycles. The third kappa shape index (κ3) is 3.42. The summed E-state index contributed by atoms with van der Waals surface area (Å²) >= 11 is 0. The van der Waals surface area contributed by atoms with Crippen LogP contribution in [0.5, 0.6) is 0 Å². The maximum absolute atomic E-state index is 12.8. The quantitative estimate of drug-likeness (QED) is 0.489. The lowest BCUT2D eigenvalue weighted by Crippen LogP contribution is -2.11. The molecule has 0 aromatic heterocycles. The Kier molecular flexibility index (Phi) is 4.27. The molecule has 1 atom stereocenters. The predicted molar refractivity (Wildman–Crippen MR) is 73.3 cm³/mol. The first-order valence-corrected chi connectivity index (χ1v) is 6.19. The van der Waals surface area contributed by atoms with Crippen LogP contribution >= 0.6 is 0 Å². The van der Waals surface area contributed by atoms with Crippen molar-refractivity contribution in [2.75, 3.05) is 0 Å². The lowest BCUT2D eigenvalue weighted by atomic mass is 10.1. The van der Waals surface area contributed by atoms with Crippen molar-refractivity contribution in [1.29, 1.82) is 0 Å². The molecule has 21 heavy (non-hydrogen) atoms. The fourth-order valence-electron chi connectivity index (χ4n) is 1.83. The van der Waals surface area contributed by atoms with Gasteiger partial charge >= 0.3 is 5.97 Å². The molecule has 0 saturated carbocycles. The van der Waals surface area contributed by atoms with Crippen molar-refractivity contribution in [3.05, 3.63) is 75.6 Å². The standard InChI is InChI=1S/C15H12FNO4/c1-10(11-6-8-12(16)9-7-11)21-15(18)13-4-2-3-5-14(13)17(19)20/h2-10H,1H3/t10-/m0/s1. The van der Waals surface area contributed by atoms with E-state index in [2.05, 4.69) is 0 Å². The van der Waals surface area contributed by atoms with Gasteiger partial charge in [-0.3, -0.25) is 10.1 Å². The number of nitro groups is 1. The summed E-state index contributed by atoms with van der Waals surface area (Å²) < 4.78 is 18.0. The van der Waals surface area contributed by atoms with Crippen LogP contribution in [-0.4, -0.2) is 10.9 Å². The Bertz CT molecular complexity index is 670. The van der Waals surface area contributed by atoms with Crippen molar-refractivity contribution >= 4 is 11.7 Å². The SMILES string of the molecule is C[C@H](OC(=O)c1ccccc1[N+](=O)[O-])c1ccc(F)cc1. The summed E-state index contributed by atoms with van der Waals surface area (Å²) in [6, 6.07) is 11.1. The summed E-state index contributed by atoms with van der Waals surface area (Å²) in [7, 11) is 0. The molecule has 2 aromatic rings. The highest BCUT2D eigenvalue weighted by Gasteiger charge is 2.22. The molecule has 5 nitrogen and oxygen atoms in total. The van der Waals surface area contributed by atoms with E-state index in [0.717, 1.165) is 0 Å². The van der Waals surface area contributed by atoms with Crippen LogP contribution in [-0.2, 0) is 4.74 Å². The smallest absolute Gasteiger partial charge is 0.345 e. The fourth-order valence-corrected chi connectivity index (χ4v) is 1.83. The van der Waals surface area contributed by atoms with E-state index in [1.165, 1.54) is 48.5 Å². The van der Waals surface area contributed by atoms with Crippen molar-refractivity contribution in [1.82, 2.24) is 0 Å². The van der Waals surface area contributed by atoms with Crippen LogP contribution in [0.1, 0.15) is 28.9 Å². The summed E-state index contributed by atoms with van der Waals surface area (Å²) in [4.78, 5) is 22.3. The molecule has 0 unspecified atom stereocenters. The van der Waals surface area contributed by atoms with E-state index in [1.54, 1.807) is 6.92 Å². The summed E-state index contributed by atoms with van der Waals surface area (Å²) in [6.07, 6.45) is -0.641. The minimum Gasteiger partial charge on any atom is -0.454 e. The van der Waals surface area contributed by atoms with Gasteiger partial charge in [0.05, 0.1) is 4.92 Å². The number of halogens is 1. The van der Waals surface area contributed by atoms with E-state index in [-0.39, 0.29) is 11.3 Å². The summed E-state index contributed by atoms with van der Waals surface area (Å²) in [5, 5.41) is 10.9. The van der Waals surface area contributed by atoms with Gasteiger partial charge < -0.3 is 4.74 Å². The Morgan fingerprint density at radius 2 is 1.81 bits per heavy atom. The van der Waals surface area contributed by atoms with Gasteiger partial charge in [-0.1, -0.05) is 24.3 Å². The van der Waals surface area contributed by atoms with Crippen molar-refractivity contribution in [3.8, 4) is 0 Å². The second-order valence-electron chi connectivity index (χ2n) is 4.37. The zero-order valence-electron chi connectivity index (χ0n) is 11.2. The lowest BCUT2D eigenvalue weighted by Gasteiger charge is -2.13. The highest BCUT2D eigenvalue weighted by Crippen LogP contribution is 2.23. The van der Waals surface area contributed by atoms with E-state index in [0.29, 0.717) is 5.56 Å². The van der Waals surface area contributed by atoms with E-state index in [4.69, 9.17) is 4.74 Å². The maximum Gasteiger partial charge on any atom is 0.345 e. The molecule has 6 heteroatoms. The molecule has 0 heterocycles. The van der Waals surface area contributed by atoms with Gasteiger partial charge in [0, 0.05) is 6.07 Å². The van der Waals surface area contributed by atoms with E-state index < -0.39 is 22.8 Å². The zero-order chi connectivity index (χ0) is 15.4. The van der Waals surface area contributed by atoms with Crippen LogP contribution in [0.15, 0.2) is 48.5 Å². The van der Waals surface area contributed by atoms with Crippen LogP contribution in [0, 0.1) is 15.9 Å². The minimum absolute atomic E-state index is 0.114. The van der Waals surface area contributed by atoms with Crippen LogP contribution in [0.25, 0.3) is 0 Å². The number of nitrogens with zero attached hydrogens (tertiary/aromatic N) is 1. The van der Waals surface area contributed by atoms with Crippen molar-refractivity contribution in [2.45, 2.75) is 13.0 Å². The number of esters is 1. The largest absolute Gasteiger partial charge is 0.454 e. The Morgan fingerprint density at radius 3 is 2.43 bits per heavy atom. The number of nitro benzene ring substituents is 1. The zero-order valence-corrected chi connectivity index (χ0v) is 11.2. The molecule has 0 aliphatic rings. The van der Waals surface area contributed by atoms with Gasteiger partial charge in [-0.25, -0.2) is 9.18 Å². The van der Waals surface area contributed by atoms with E-state index in [9.17, 15) is 19.3 Å². The third-order valence-electron chi connectivity index (χ3n) is 2.94. The normalized spacial score (nSPS) is 11.7. The van der Waals surface area contributed by atoms with Crippen molar-refractivity contribution < 1.29 is 18.8 Å². The Morgan fingerprint density at radius 1 is 1.19 bits per heavy atom. The third-order valence-corrected chi connectivity index (χ3v) is 2.94. The number of hydrogen-bond donors (Lipinski definition) is 0. The molecule has 0 bridgehead atoms. The molecule has 2 aromatic carbocycles. The number of carbonyl (C=O) groups excluding carboxylic acids is 1. The molecule has 0 aliphatic carbocycles. The molecule has 0 spiro atoms. The van der Waals surface area contributed by atoms with Crippen LogP contribution in [0.3, 0.4) is 0 Å². The average Bonchev–Trinajstić information content (AvgIpc) is 2.47. The highest BCUT2D eigenvalue weighted by atomic mass is 19.1. The fraction of sp³-hybridized carbons (Fsp3) is 0.133. The number of para-hydroxylation sites is 1. The average molecular weight is 289 g/mol. The first kappa shape index (κ1) is 14.6. The number of ether oxygens (including phenoxy) is 1. The van der Waals surface area contributed by atoms with Gasteiger partial charge in [-0.2, -0.15) is 0 Å².